The highest BCUT2D eigenvalue weighted by Gasteiger charge is 2.37. The molecule has 0 radical (unpaired) electrons. The topological polar surface area (TPSA) is 69.7 Å². The SMILES string of the molecule is CC(=O)Nc1ccc(N2CC(C(=O)N3CCCC3)CC2=O)cc1. The van der Waals surface area contributed by atoms with E-state index in [0.29, 0.717) is 12.2 Å². The molecule has 0 saturated carbocycles. The Morgan fingerprint density at radius 1 is 1.13 bits per heavy atom. The highest BCUT2D eigenvalue weighted by Crippen LogP contribution is 2.28. The summed E-state index contributed by atoms with van der Waals surface area (Å²) in [5.74, 6) is -0.287. The van der Waals surface area contributed by atoms with Crippen molar-refractivity contribution in [2.75, 3.05) is 29.9 Å². The summed E-state index contributed by atoms with van der Waals surface area (Å²) in [4.78, 5) is 39.3. The molecule has 0 bridgehead atoms. The van der Waals surface area contributed by atoms with E-state index in [-0.39, 0.29) is 30.1 Å². The minimum Gasteiger partial charge on any atom is -0.342 e. The highest BCUT2D eigenvalue weighted by molar-refractivity contribution is 6.00. The Hall–Kier alpha value is -2.37. The molecule has 2 aliphatic rings. The number of carbonyl (C=O) groups excluding carboxylic acids is 3. The largest absolute Gasteiger partial charge is 0.342 e. The van der Waals surface area contributed by atoms with Crippen LogP contribution in [0.3, 0.4) is 0 Å². The summed E-state index contributed by atoms with van der Waals surface area (Å²) in [5, 5.41) is 2.69. The van der Waals surface area contributed by atoms with Gasteiger partial charge in [0, 0.05) is 44.4 Å². The van der Waals surface area contributed by atoms with Crippen LogP contribution in [-0.2, 0) is 14.4 Å². The number of nitrogens with zero attached hydrogens (tertiary/aromatic N) is 2. The monoisotopic (exact) mass is 315 g/mol. The second-order valence-electron chi connectivity index (χ2n) is 6.17. The van der Waals surface area contributed by atoms with Gasteiger partial charge in [-0.05, 0) is 37.1 Å². The molecular formula is C17H21N3O3. The smallest absolute Gasteiger partial charge is 0.228 e. The molecule has 3 amide bonds. The molecule has 23 heavy (non-hydrogen) atoms. The highest BCUT2D eigenvalue weighted by atomic mass is 16.2. The summed E-state index contributed by atoms with van der Waals surface area (Å²) in [6, 6.07) is 7.12. The summed E-state index contributed by atoms with van der Waals surface area (Å²) in [5.41, 5.74) is 1.46. The van der Waals surface area contributed by atoms with Crippen molar-refractivity contribution in [3.63, 3.8) is 0 Å². The quantitative estimate of drug-likeness (QED) is 0.921. The van der Waals surface area contributed by atoms with E-state index in [0.717, 1.165) is 31.6 Å². The average Bonchev–Trinajstić information content (AvgIpc) is 3.16. The van der Waals surface area contributed by atoms with Gasteiger partial charge in [0.05, 0.1) is 5.92 Å². The molecule has 1 unspecified atom stereocenters. The van der Waals surface area contributed by atoms with Gasteiger partial charge in [-0.3, -0.25) is 14.4 Å². The summed E-state index contributed by atoms with van der Waals surface area (Å²) < 4.78 is 0. The lowest BCUT2D eigenvalue weighted by Gasteiger charge is -2.20. The van der Waals surface area contributed by atoms with E-state index in [1.54, 1.807) is 29.2 Å². The standard InChI is InChI=1S/C17H21N3O3/c1-12(21)18-14-4-6-15(7-5-14)20-11-13(10-16(20)22)17(23)19-8-2-3-9-19/h4-7,13H,2-3,8-11H2,1H3,(H,18,21). The average molecular weight is 315 g/mol. The number of rotatable bonds is 3. The maximum absolute atomic E-state index is 12.4. The third-order valence-corrected chi connectivity index (χ3v) is 4.39. The molecule has 6 nitrogen and oxygen atoms in total. The molecule has 2 fully saturated rings. The number of hydrogen-bond acceptors (Lipinski definition) is 3. The molecule has 2 saturated heterocycles. The zero-order valence-corrected chi connectivity index (χ0v) is 13.2. The third kappa shape index (κ3) is 3.36. The molecule has 0 aliphatic carbocycles. The molecule has 3 rings (SSSR count). The van der Waals surface area contributed by atoms with Gasteiger partial charge >= 0.3 is 0 Å². The molecule has 0 spiro atoms. The van der Waals surface area contributed by atoms with Crippen LogP contribution in [0.15, 0.2) is 24.3 Å². The summed E-state index contributed by atoms with van der Waals surface area (Å²) in [6.07, 6.45) is 2.39. The molecule has 1 aromatic rings. The van der Waals surface area contributed by atoms with Gasteiger partial charge in [0.15, 0.2) is 0 Å². The molecule has 1 atom stereocenters. The fourth-order valence-electron chi connectivity index (χ4n) is 3.25. The number of carbonyl (C=O) groups is 3. The van der Waals surface area contributed by atoms with Crippen molar-refractivity contribution in [1.29, 1.82) is 0 Å². The van der Waals surface area contributed by atoms with Crippen molar-refractivity contribution in [2.24, 2.45) is 5.92 Å². The molecule has 2 heterocycles. The number of nitrogens with one attached hydrogen (secondary N) is 1. The van der Waals surface area contributed by atoms with E-state index >= 15 is 0 Å². The zero-order valence-electron chi connectivity index (χ0n) is 13.2. The van der Waals surface area contributed by atoms with Gasteiger partial charge in [0.1, 0.15) is 0 Å². The Morgan fingerprint density at radius 3 is 2.39 bits per heavy atom. The van der Waals surface area contributed by atoms with E-state index in [9.17, 15) is 14.4 Å². The molecule has 2 aliphatic heterocycles. The van der Waals surface area contributed by atoms with Crippen molar-refractivity contribution in [3.05, 3.63) is 24.3 Å². The summed E-state index contributed by atoms with van der Waals surface area (Å²) >= 11 is 0. The van der Waals surface area contributed by atoms with Crippen LogP contribution in [0.2, 0.25) is 0 Å². The number of anilines is 2. The van der Waals surface area contributed by atoms with Crippen LogP contribution in [0.5, 0.6) is 0 Å². The Labute approximate surface area is 135 Å². The zero-order chi connectivity index (χ0) is 16.4. The Kier molecular flexibility index (Phi) is 4.32. The van der Waals surface area contributed by atoms with Gasteiger partial charge in [-0.1, -0.05) is 0 Å². The van der Waals surface area contributed by atoms with Crippen molar-refractivity contribution >= 4 is 29.1 Å². The lowest BCUT2D eigenvalue weighted by molar-refractivity contribution is -0.134. The second kappa shape index (κ2) is 6.40. The molecular weight excluding hydrogens is 294 g/mol. The van der Waals surface area contributed by atoms with E-state index in [1.807, 2.05) is 4.90 Å². The van der Waals surface area contributed by atoms with Gasteiger partial charge in [-0.2, -0.15) is 0 Å². The Balaban J connectivity index is 1.67. The van der Waals surface area contributed by atoms with Crippen molar-refractivity contribution < 1.29 is 14.4 Å². The Morgan fingerprint density at radius 2 is 1.78 bits per heavy atom. The number of hydrogen-bond donors (Lipinski definition) is 1. The van der Waals surface area contributed by atoms with E-state index in [2.05, 4.69) is 5.32 Å². The normalized spacial score (nSPS) is 20.9. The van der Waals surface area contributed by atoms with Gasteiger partial charge in [-0.15, -0.1) is 0 Å². The minimum atomic E-state index is -0.240. The predicted molar refractivity (Wildman–Crippen MR) is 87.0 cm³/mol. The van der Waals surface area contributed by atoms with Crippen LogP contribution in [0.4, 0.5) is 11.4 Å². The predicted octanol–water partition coefficient (Wildman–Crippen LogP) is 1.62. The van der Waals surface area contributed by atoms with Gasteiger partial charge in [0.25, 0.3) is 0 Å². The van der Waals surface area contributed by atoms with E-state index in [4.69, 9.17) is 0 Å². The lowest BCUT2D eigenvalue weighted by atomic mass is 10.1. The molecule has 6 heteroatoms. The van der Waals surface area contributed by atoms with Crippen molar-refractivity contribution in [2.45, 2.75) is 26.2 Å². The van der Waals surface area contributed by atoms with E-state index in [1.165, 1.54) is 6.92 Å². The van der Waals surface area contributed by atoms with Crippen LogP contribution < -0.4 is 10.2 Å². The first-order chi connectivity index (χ1) is 11.0. The van der Waals surface area contributed by atoms with E-state index < -0.39 is 0 Å². The third-order valence-electron chi connectivity index (χ3n) is 4.39. The van der Waals surface area contributed by atoms with Crippen LogP contribution in [0.1, 0.15) is 26.2 Å². The fraction of sp³-hybridized carbons (Fsp3) is 0.471. The maximum atomic E-state index is 12.4. The maximum Gasteiger partial charge on any atom is 0.228 e. The van der Waals surface area contributed by atoms with Crippen LogP contribution in [0.25, 0.3) is 0 Å². The van der Waals surface area contributed by atoms with Crippen molar-refractivity contribution in [1.82, 2.24) is 4.90 Å². The molecule has 1 N–H and O–H groups in total. The molecule has 122 valence electrons. The number of benzene rings is 1. The summed E-state index contributed by atoms with van der Waals surface area (Å²) in [6.45, 7) is 3.52. The Bertz CT molecular complexity index is 620. The van der Waals surface area contributed by atoms with Gasteiger partial charge in [-0.25, -0.2) is 0 Å². The number of likely N-dealkylation sites (tertiary alicyclic amines) is 1. The first kappa shape index (κ1) is 15.5. The minimum absolute atomic E-state index is 0.0187. The lowest BCUT2D eigenvalue weighted by Crippen LogP contribution is -2.35. The fourth-order valence-corrected chi connectivity index (χ4v) is 3.25. The van der Waals surface area contributed by atoms with Crippen LogP contribution in [0, 0.1) is 5.92 Å². The van der Waals surface area contributed by atoms with Gasteiger partial charge in [0.2, 0.25) is 17.7 Å². The van der Waals surface area contributed by atoms with Crippen LogP contribution >= 0.6 is 0 Å². The second-order valence-corrected chi connectivity index (χ2v) is 6.17. The molecule has 0 aromatic heterocycles. The van der Waals surface area contributed by atoms with Gasteiger partial charge < -0.3 is 15.1 Å². The first-order valence-electron chi connectivity index (χ1n) is 8.01. The first-order valence-corrected chi connectivity index (χ1v) is 8.01. The van der Waals surface area contributed by atoms with Crippen LogP contribution in [-0.4, -0.2) is 42.3 Å². The van der Waals surface area contributed by atoms with Crippen molar-refractivity contribution in [3.8, 4) is 0 Å². The summed E-state index contributed by atoms with van der Waals surface area (Å²) in [7, 11) is 0. The number of amides is 3. The molecule has 1 aromatic carbocycles.